The second kappa shape index (κ2) is 14.9. The van der Waals surface area contributed by atoms with Crippen LogP contribution in [0.2, 0.25) is 0 Å². The molecule has 4 atom stereocenters. The highest BCUT2D eigenvalue weighted by atomic mass is 16.6. The van der Waals surface area contributed by atoms with Crippen molar-refractivity contribution >= 4 is 22.7 Å². The van der Waals surface area contributed by atoms with Gasteiger partial charge in [0.2, 0.25) is 5.43 Å². The number of fused-ring (bicyclic) bond motifs is 3. The highest BCUT2D eigenvalue weighted by Crippen LogP contribution is 2.48. The van der Waals surface area contributed by atoms with E-state index in [1.807, 2.05) is 0 Å². The van der Waals surface area contributed by atoms with Crippen molar-refractivity contribution in [2.24, 2.45) is 0 Å². The number of aromatic hydroxyl groups is 12. The van der Waals surface area contributed by atoms with Gasteiger partial charge in [0.1, 0.15) is 46.7 Å². The molecule has 0 amide bonds. The first-order valence-electron chi connectivity index (χ1n) is 18.3. The lowest BCUT2D eigenvalue weighted by atomic mass is 9.90. The van der Waals surface area contributed by atoms with Gasteiger partial charge < -0.3 is 80.2 Å². The molecular weight excluding hydrogens is 820 g/mol. The monoisotopic (exact) mass is 852 g/mol. The van der Waals surface area contributed by atoms with E-state index in [4.69, 9.17) is 18.9 Å². The van der Waals surface area contributed by atoms with Crippen LogP contribution < -0.4 is 14.9 Å². The van der Waals surface area contributed by atoms with E-state index >= 15 is 0 Å². The summed E-state index contributed by atoms with van der Waals surface area (Å²) >= 11 is 0. The first kappa shape index (κ1) is 40.2. The van der Waals surface area contributed by atoms with Crippen LogP contribution in [-0.4, -0.2) is 85.4 Å². The van der Waals surface area contributed by atoms with Gasteiger partial charge in [-0.15, -0.1) is 0 Å². The van der Waals surface area contributed by atoms with E-state index in [-0.39, 0.29) is 45.9 Å². The fourth-order valence-electron chi connectivity index (χ4n) is 7.47. The number of carbonyl (C=O) groups excluding carboxylic acids is 2. The van der Waals surface area contributed by atoms with Crippen LogP contribution in [0.25, 0.3) is 10.8 Å². The summed E-state index contributed by atoms with van der Waals surface area (Å²) in [5.74, 6) is -11.3. The van der Waals surface area contributed by atoms with Crippen LogP contribution in [0.15, 0.2) is 77.6 Å². The number of phenolic OH excluding ortho intramolecular Hbond substituents is 11. The number of hydrogen-bond acceptors (Lipinski definition) is 19. The molecule has 0 fully saturated rings. The zero-order valence-corrected chi connectivity index (χ0v) is 31.4. The molecule has 0 saturated heterocycles. The van der Waals surface area contributed by atoms with Crippen molar-refractivity contribution in [2.45, 2.75) is 37.3 Å². The van der Waals surface area contributed by atoms with E-state index in [1.165, 1.54) is 12.1 Å². The third-order valence-corrected chi connectivity index (χ3v) is 10.4. The van der Waals surface area contributed by atoms with Crippen LogP contribution >= 0.6 is 0 Å². The molecule has 6 aromatic carbocycles. The second-order valence-corrected chi connectivity index (χ2v) is 14.4. The van der Waals surface area contributed by atoms with Gasteiger partial charge in [-0.25, -0.2) is 9.59 Å². The molecule has 0 aliphatic carbocycles. The van der Waals surface area contributed by atoms with E-state index in [1.54, 1.807) is 0 Å². The zero-order valence-electron chi connectivity index (χ0n) is 31.4. The molecule has 12 N–H and O–H groups in total. The third kappa shape index (κ3) is 7.01. The van der Waals surface area contributed by atoms with Crippen molar-refractivity contribution in [1.82, 2.24) is 0 Å². The Balaban J connectivity index is 1.25. The normalized spacial score (nSPS) is 17.8. The molecule has 0 spiro atoms. The van der Waals surface area contributed by atoms with Gasteiger partial charge in [-0.2, -0.15) is 0 Å². The fraction of sp³-hybridized carbons (Fsp3) is 0.140. The molecule has 0 unspecified atom stereocenters. The summed E-state index contributed by atoms with van der Waals surface area (Å²) in [5.41, 5.74) is -2.37. The van der Waals surface area contributed by atoms with Gasteiger partial charge in [0.25, 0.3) is 0 Å². The van der Waals surface area contributed by atoms with E-state index in [0.29, 0.717) is 6.07 Å². The van der Waals surface area contributed by atoms with Crippen LogP contribution in [0.4, 0.5) is 0 Å². The van der Waals surface area contributed by atoms with Crippen LogP contribution in [0.5, 0.6) is 80.5 Å². The average Bonchev–Trinajstić information content (AvgIpc) is 3.34. The molecule has 8 rings (SSSR count). The van der Waals surface area contributed by atoms with Gasteiger partial charge in [-0.05, 0) is 47.9 Å². The molecule has 0 bridgehead atoms. The lowest BCUT2D eigenvalue weighted by Gasteiger charge is -2.34. The maximum absolute atomic E-state index is 14.2. The molecule has 0 radical (unpaired) electrons. The molecule has 2 aliphatic rings. The maximum atomic E-state index is 14.2. The van der Waals surface area contributed by atoms with Gasteiger partial charge in [0, 0.05) is 59.4 Å². The molecule has 19 nitrogen and oxygen atoms in total. The lowest BCUT2D eigenvalue weighted by Crippen LogP contribution is -2.35. The van der Waals surface area contributed by atoms with Gasteiger partial charge in [0.15, 0.2) is 58.2 Å². The predicted molar refractivity (Wildman–Crippen MR) is 209 cm³/mol. The summed E-state index contributed by atoms with van der Waals surface area (Å²) in [7, 11) is 0. The number of rotatable bonds is 6. The molecule has 19 heteroatoms. The highest BCUT2D eigenvalue weighted by molar-refractivity contribution is 5.99. The second-order valence-electron chi connectivity index (χ2n) is 14.4. The number of esters is 2. The molecular formula is C43H32O19. The standard InChI is InChI=1S/C43H32O19/c44-18-8-25(47)22-13-34(40(59-32(22)10-18)15-1-2-24(46)27(49)4-15)61-42(57)16-3-20-21(12-31(53)39(56)36(20)38(55)30(52)5-16)41-35(14-23-26(48)9-19(45)11-33(23)60-41)62-43(58)17-6-28(50)37(54)29(51)7-17/h1-12,34-35,40-41,44-51,53-54,56H,13-14H2,(H,52,55)/t34-,35-,40-,41-/m0/s1. The van der Waals surface area contributed by atoms with Crippen molar-refractivity contribution in [1.29, 1.82) is 0 Å². The highest BCUT2D eigenvalue weighted by Gasteiger charge is 2.40. The van der Waals surface area contributed by atoms with E-state index in [9.17, 15) is 75.7 Å². The summed E-state index contributed by atoms with van der Waals surface area (Å²) in [6.45, 7) is 0. The van der Waals surface area contributed by atoms with Crippen molar-refractivity contribution in [3.05, 3.63) is 116 Å². The van der Waals surface area contributed by atoms with E-state index < -0.39 is 133 Å². The number of ether oxygens (including phenoxy) is 4. The molecule has 0 saturated carbocycles. The van der Waals surface area contributed by atoms with Crippen molar-refractivity contribution < 1.29 is 89.8 Å². The van der Waals surface area contributed by atoms with Crippen LogP contribution in [0.1, 0.15) is 55.2 Å². The summed E-state index contributed by atoms with van der Waals surface area (Å²) in [6.07, 6.45) is -6.51. The van der Waals surface area contributed by atoms with Gasteiger partial charge in [-0.1, -0.05) is 6.07 Å². The fourth-order valence-corrected chi connectivity index (χ4v) is 7.47. The Labute approximate surface area is 346 Å². The van der Waals surface area contributed by atoms with Crippen molar-refractivity contribution in [3.63, 3.8) is 0 Å². The van der Waals surface area contributed by atoms with Crippen LogP contribution in [-0.2, 0) is 22.3 Å². The molecule has 318 valence electrons. The SMILES string of the molecule is O=C(O[C@H]1Cc2c(O)cc(O)cc2O[C@H]1c1ccc(O)c(O)c1)c1cc(O)c(=O)c2c(O)c(O)cc([C@@H]3Oc4cc(O)cc(O)c4C[C@@H]3OC(=O)c3cc(O)c(O)c(O)c3)c2c1. The topological polar surface area (TPSA) is 331 Å². The number of benzene rings is 5. The Bertz CT molecular complexity index is 2920. The minimum atomic E-state index is -1.65. The number of hydrogen-bond donors (Lipinski definition) is 12. The Kier molecular flexibility index (Phi) is 9.65. The summed E-state index contributed by atoms with van der Waals surface area (Å²) in [4.78, 5) is 41.5. The van der Waals surface area contributed by atoms with Crippen LogP contribution in [0.3, 0.4) is 0 Å². The first-order chi connectivity index (χ1) is 29.4. The molecule has 0 aromatic heterocycles. The Morgan fingerprint density at radius 1 is 0.500 bits per heavy atom. The summed E-state index contributed by atoms with van der Waals surface area (Å²) in [6, 6.07) is 12.0. The predicted octanol–water partition coefficient (Wildman–Crippen LogP) is 4.47. The van der Waals surface area contributed by atoms with Crippen molar-refractivity contribution in [3.8, 4) is 80.5 Å². The quantitative estimate of drug-likeness (QED) is 0.0812. The van der Waals surface area contributed by atoms with E-state index in [0.717, 1.165) is 54.6 Å². The largest absolute Gasteiger partial charge is 0.508 e. The minimum Gasteiger partial charge on any atom is -0.508 e. The minimum absolute atomic E-state index is 0.00608. The summed E-state index contributed by atoms with van der Waals surface area (Å²) < 4.78 is 23.8. The van der Waals surface area contributed by atoms with E-state index in [2.05, 4.69) is 0 Å². The zero-order chi connectivity index (χ0) is 44.5. The maximum Gasteiger partial charge on any atom is 0.338 e. The Morgan fingerprint density at radius 3 is 1.56 bits per heavy atom. The number of carbonyl (C=O) groups is 2. The lowest BCUT2D eigenvalue weighted by molar-refractivity contribution is -0.0188. The van der Waals surface area contributed by atoms with Crippen LogP contribution in [0, 0.1) is 0 Å². The average molecular weight is 853 g/mol. The molecule has 2 aliphatic heterocycles. The molecule has 62 heavy (non-hydrogen) atoms. The number of phenols is 11. The van der Waals surface area contributed by atoms with Crippen molar-refractivity contribution in [2.75, 3.05) is 0 Å². The Morgan fingerprint density at radius 2 is 1.00 bits per heavy atom. The first-order valence-corrected chi connectivity index (χ1v) is 18.3. The van der Waals surface area contributed by atoms with Gasteiger partial charge in [0.05, 0.1) is 16.5 Å². The summed E-state index contributed by atoms with van der Waals surface area (Å²) in [5, 5.41) is 124. The smallest absolute Gasteiger partial charge is 0.338 e. The van der Waals surface area contributed by atoms with Gasteiger partial charge in [-0.3, -0.25) is 4.79 Å². The van der Waals surface area contributed by atoms with Gasteiger partial charge >= 0.3 is 11.9 Å². The Hall–Kier alpha value is -8.61. The molecule has 6 aromatic rings. The molecule has 2 heterocycles. The third-order valence-electron chi connectivity index (χ3n) is 10.4.